The molecule has 1 aliphatic carbocycles. The Kier molecular flexibility index (Phi) is 3.71. The number of carbonyl (C=O) groups is 2. The molecule has 23 heavy (non-hydrogen) atoms. The molecule has 4 rings (SSSR count). The third-order valence-corrected chi connectivity index (χ3v) is 4.12. The van der Waals surface area contributed by atoms with Crippen molar-refractivity contribution in [2.75, 3.05) is 0 Å². The van der Waals surface area contributed by atoms with E-state index in [1.807, 2.05) is 6.07 Å². The van der Waals surface area contributed by atoms with Crippen molar-refractivity contribution in [3.05, 3.63) is 65.2 Å². The zero-order chi connectivity index (χ0) is 15.4. The van der Waals surface area contributed by atoms with Gasteiger partial charge in [-0.1, -0.05) is 24.3 Å². The van der Waals surface area contributed by atoms with E-state index in [9.17, 15) is 9.59 Å². The van der Waals surface area contributed by atoms with E-state index >= 15 is 0 Å². The molecule has 0 saturated heterocycles. The lowest BCUT2D eigenvalue weighted by atomic mass is 9.90. The second-order valence-electron chi connectivity index (χ2n) is 5.32. The highest BCUT2D eigenvalue weighted by molar-refractivity contribution is 6.26. The fourth-order valence-electron chi connectivity index (χ4n) is 3.14. The molecule has 5 nitrogen and oxygen atoms in total. The van der Waals surface area contributed by atoms with Crippen molar-refractivity contribution in [3.8, 4) is 11.6 Å². The van der Waals surface area contributed by atoms with Crippen LogP contribution in [-0.4, -0.2) is 16.1 Å². The molecule has 0 bridgehead atoms. The second-order valence-corrected chi connectivity index (χ2v) is 5.32. The largest absolute Gasteiger partial charge is 1.00 e. The van der Waals surface area contributed by atoms with Crippen LogP contribution in [-0.2, 0) is 14.1 Å². The summed E-state index contributed by atoms with van der Waals surface area (Å²) in [4.78, 5) is 25.6. The minimum atomic E-state index is -0.138. The fourth-order valence-corrected chi connectivity index (χ4v) is 3.14. The molecule has 0 radical (unpaired) electrons. The Morgan fingerprint density at radius 3 is 2.26 bits per heavy atom. The Bertz CT molecular complexity index is 881. The average Bonchev–Trinajstić information content (AvgIpc) is 3.12. The van der Waals surface area contributed by atoms with E-state index < -0.39 is 0 Å². The lowest BCUT2D eigenvalue weighted by molar-refractivity contribution is -0.661. The number of carbonyl (C=O) groups excluding carboxylic acids is 2. The first-order valence-electron chi connectivity index (χ1n) is 6.92. The summed E-state index contributed by atoms with van der Waals surface area (Å²) >= 11 is 0. The summed E-state index contributed by atoms with van der Waals surface area (Å²) in [5.74, 6) is 1.02. The van der Waals surface area contributed by atoms with Gasteiger partial charge in [0.15, 0.2) is 0 Å². The molecule has 0 N–H and O–H groups in total. The number of ketones is 2. The third-order valence-electron chi connectivity index (χ3n) is 4.12. The number of furan rings is 1. The van der Waals surface area contributed by atoms with Gasteiger partial charge in [0.2, 0.25) is 28.7 Å². The molecule has 1 aromatic carbocycles. The van der Waals surface area contributed by atoms with Crippen LogP contribution in [0.4, 0.5) is 0 Å². The number of hydrogen-bond donors (Lipinski definition) is 0. The highest BCUT2D eigenvalue weighted by atomic mass is 127. The van der Waals surface area contributed by atoms with Crippen LogP contribution in [0.1, 0.15) is 32.1 Å². The van der Waals surface area contributed by atoms with Gasteiger partial charge in [0.25, 0.3) is 0 Å². The molecule has 6 heteroatoms. The van der Waals surface area contributed by atoms with Gasteiger partial charge >= 0.3 is 5.82 Å². The molecule has 116 valence electrons. The van der Waals surface area contributed by atoms with Gasteiger partial charge in [-0.3, -0.25) is 9.59 Å². The van der Waals surface area contributed by atoms with Gasteiger partial charge < -0.3 is 28.4 Å². The van der Waals surface area contributed by atoms with Crippen molar-refractivity contribution >= 4 is 11.6 Å². The predicted molar refractivity (Wildman–Crippen MR) is 77.6 cm³/mol. The van der Waals surface area contributed by atoms with Gasteiger partial charge in [0, 0.05) is 11.1 Å². The number of fused-ring (bicyclic) bond motifs is 2. The van der Waals surface area contributed by atoms with E-state index in [1.165, 1.54) is 0 Å². The van der Waals surface area contributed by atoms with Crippen molar-refractivity contribution in [1.29, 1.82) is 0 Å². The molecular weight excluding hydrogens is 407 g/mol. The smallest absolute Gasteiger partial charge is 0.325 e. The summed E-state index contributed by atoms with van der Waals surface area (Å²) in [6.07, 6.45) is 1.57. The van der Waals surface area contributed by atoms with Gasteiger partial charge in [-0.2, -0.15) is 0 Å². The topological polar surface area (TPSA) is 56.1 Å². The van der Waals surface area contributed by atoms with Crippen LogP contribution in [0, 0.1) is 0 Å². The Morgan fingerprint density at radius 1 is 1.00 bits per heavy atom. The van der Waals surface area contributed by atoms with Crippen LogP contribution in [0.25, 0.3) is 11.6 Å². The Morgan fingerprint density at radius 2 is 1.65 bits per heavy atom. The number of hydrogen-bond acceptors (Lipinski definition) is 3. The number of nitrogens with zero attached hydrogens (tertiary/aromatic N) is 2. The molecule has 1 aliphatic rings. The lowest BCUT2D eigenvalue weighted by Crippen LogP contribution is -3.00. The van der Waals surface area contributed by atoms with Crippen LogP contribution in [0.3, 0.4) is 0 Å². The summed E-state index contributed by atoms with van der Waals surface area (Å²) < 4.78 is 8.90. The number of benzene rings is 1. The van der Waals surface area contributed by atoms with Crippen LogP contribution >= 0.6 is 0 Å². The number of imidazole rings is 1. The van der Waals surface area contributed by atoms with E-state index in [0.29, 0.717) is 34.1 Å². The van der Waals surface area contributed by atoms with Crippen molar-refractivity contribution in [3.63, 3.8) is 0 Å². The molecular formula is C17H13IN2O3. The highest BCUT2D eigenvalue weighted by Crippen LogP contribution is 2.29. The first-order chi connectivity index (χ1) is 10.6. The molecule has 0 fully saturated rings. The molecule has 2 heterocycles. The Labute approximate surface area is 149 Å². The zero-order valence-corrected chi connectivity index (χ0v) is 14.7. The summed E-state index contributed by atoms with van der Waals surface area (Å²) in [7, 11) is 3.55. The quantitative estimate of drug-likeness (QED) is 0.290. The molecule has 0 atom stereocenters. The van der Waals surface area contributed by atoms with E-state index in [2.05, 4.69) is 0 Å². The van der Waals surface area contributed by atoms with E-state index in [0.717, 1.165) is 0 Å². The SMILES string of the molecule is Cn1c2c([n+](C)c1-c1ccco1)C(=O)c1ccccc1C2=O.[I-]. The highest BCUT2D eigenvalue weighted by Gasteiger charge is 2.42. The van der Waals surface area contributed by atoms with Crippen molar-refractivity contribution in [2.24, 2.45) is 14.1 Å². The van der Waals surface area contributed by atoms with Crippen molar-refractivity contribution in [1.82, 2.24) is 4.57 Å². The van der Waals surface area contributed by atoms with Crippen LogP contribution in [0.5, 0.6) is 0 Å². The molecule has 0 amide bonds. The van der Waals surface area contributed by atoms with Gasteiger partial charge in [-0.15, -0.1) is 0 Å². The number of rotatable bonds is 1. The van der Waals surface area contributed by atoms with Crippen LogP contribution in [0.2, 0.25) is 0 Å². The summed E-state index contributed by atoms with van der Waals surface area (Å²) in [5.41, 5.74) is 1.70. The number of halogens is 1. The first-order valence-corrected chi connectivity index (χ1v) is 6.92. The Balaban J connectivity index is 0.00000156. The number of aromatic nitrogens is 2. The normalized spacial score (nSPS) is 12.6. The summed E-state index contributed by atoms with van der Waals surface area (Å²) in [5, 5.41) is 0. The molecule has 0 aliphatic heterocycles. The predicted octanol–water partition coefficient (Wildman–Crippen LogP) is -1.11. The first kappa shape index (κ1) is 15.7. The maximum Gasteiger partial charge on any atom is 0.325 e. The van der Waals surface area contributed by atoms with E-state index in [-0.39, 0.29) is 35.5 Å². The van der Waals surface area contributed by atoms with E-state index in [4.69, 9.17) is 4.42 Å². The summed E-state index contributed by atoms with van der Waals surface area (Å²) in [6.45, 7) is 0. The molecule has 0 unspecified atom stereocenters. The maximum atomic E-state index is 12.8. The summed E-state index contributed by atoms with van der Waals surface area (Å²) in [6, 6.07) is 10.5. The van der Waals surface area contributed by atoms with Gasteiger partial charge in [-0.05, 0) is 12.1 Å². The monoisotopic (exact) mass is 420 g/mol. The molecule has 2 aromatic heterocycles. The second kappa shape index (κ2) is 5.45. The van der Waals surface area contributed by atoms with Crippen molar-refractivity contribution < 1.29 is 42.5 Å². The standard InChI is InChI=1S/C17H13N2O3.HI/c1-18-13-14(19(2)17(18)12-8-5-9-22-12)16(21)11-7-4-3-6-10(11)15(13)20;/h3-9H,1-2H3;1H/q+1;/p-1. The maximum absolute atomic E-state index is 12.8. The van der Waals surface area contributed by atoms with E-state index in [1.54, 1.807) is 59.8 Å². The Hall–Kier alpha value is -2.22. The zero-order valence-electron chi connectivity index (χ0n) is 12.5. The molecule has 3 aromatic rings. The van der Waals surface area contributed by atoms with Gasteiger partial charge in [0.05, 0.1) is 20.4 Å². The molecule has 0 saturated carbocycles. The lowest BCUT2D eigenvalue weighted by Gasteiger charge is -2.11. The minimum Gasteiger partial charge on any atom is -1.00 e. The van der Waals surface area contributed by atoms with Crippen LogP contribution < -0.4 is 28.5 Å². The third kappa shape index (κ3) is 2.01. The van der Waals surface area contributed by atoms with Crippen molar-refractivity contribution in [2.45, 2.75) is 0 Å². The fraction of sp³-hybridized carbons (Fsp3) is 0.118. The van der Waals surface area contributed by atoms with Gasteiger partial charge in [-0.25, -0.2) is 9.13 Å². The minimum absolute atomic E-state index is 0. The van der Waals surface area contributed by atoms with Gasteiger partial charge in [0.1, 0.15) is 0 Å². The average molecular weight is 420 g/mol. The molecule has 0 spiro atoms. The van der Waals surface area contributed by atoms with Crippen LogP contribution in [0.15, 0.2) is 47.1 Å².